The third-order valence-corrected chi connectivity index (χ3v) is 1.68. The Morgan fingerprint density at radius 3 is 2.23 bits per heavy atom. The maximum atomic E-state index is 10.1. The Hall–Kier alpha value is 0.0703. The molecule has 0 unspecified atom stereocenters. The van der Waals surface area contributed by atoms with Crippen LogP contribution in [-0.2, 0) is 38.1 Å². The molecule has 0 aromatic heterocycles. The van der Waals surface area contributed by atoms with E-state index in [0.29, 0.717) is 5.56 Å². The first-order valence-electron chi connectivity index (χ1n) is 3.28. The van der Waals surface area contributed by atoms with Crippen molar-refractivity contribution in [3.63, 3.8) is 0 Å². The molecule has 1 aromatic carbocycles. The number of rotatable bonds is 3. The van der Waals surface area contributed by atoms with Gasteiger partial charge in [0.2, 0.25) is 0 Å². The Morgan fingerprint density at radius 1 is 1.23 bits per heavy atom. The Morgan fingerprint density at radius 2 is 1.77 bits per heavy atom. The monoisotopic (exact) mass is 293 g/mol. The van der Waals surface area contributed by atoms with Gasteiger partial charge in [-0.15, -0.1) is 0 Å². The van der Waals surface area contributed by atoms with Crippen LogP contribution in [0.1, 0.15) is 5.56 Å². The fraction of sp³-hybridized carbons (Fsp3) is 0.143. The van der Waals surface area contributed by atoms with Crippen molar-refractivity contribution in [3.05, 3.63) is 35.9 Å². The van der Waals surface area contributed by atoms with Crippen LogP contribution in [-0.4, -0.2) is 0 Å². The smallest absolute Gasteiger partial charge is 0.0769 e. The zero-order chi connectivity index (χ0) is 9.03. The summed E-state index contributed by atoms with van der Waals surface area (Å²) in [7, 11) is -4.83. The summed E-state index contributed by atoms with van der Waals surface area (Å²) in [4.78, 5) is 20.1. The molecule has 0 spiro atoms. The molecule has 0 saturated carbocycles. The second kappa shape index (κ2) is 5.73. The van der Waals surface area contributed by atoms with Crippen molar-refractivity contribution in [1.29, 1.82) is 0 Å². The maximum absolute atomic E-state index is 10.1. The van der Waals surface area contributed by atoms with Crippen LogP contribution in [0, 0.1) is 0 Å². The fourth-order valence-electron chi connectivity index (χ4n) is 0.728. The summed E-state index contributed by atoms with van der Waals surface area (Å²) >= 11 is 0. The van der Waals surface area contributed by atoms with Crippen LogP contribution < -0.4 is 9.79 Å². The van der Waals surface area contributed by atoms with Gasteiger partial charge in [-0.2, -0.15) is 0 Å². The van der Waals surface area contributed by atoms with Crippen LogP contribution in [0.15, 0.2) is 30.3 Å². The average molecular weight is 294 g/mol. The van der Waals surface area contributed by atoms with Crippen molar-refractivity contribution in [3.8, 4) is 0 Å². The second-order valence-corrected chi connectivity index (χ2v) is 3.36. The summed E-state index contributed by atoms with van der Waals surface area (Å²) in [5.41, 5.74) is 0.657. The van der Waals surface area contributed by atoms with Gasteiger partial charge in [0, 0.05) is 22.4 Å². The summed E-state index contributed by atoms with van der Waals surface area (Å²) in [5.74, 6) is 0. The molecular formula is C7H7AgO4P-2. The maximum Gasteiger partial charge on any atom is 0.0769 e. The van der Waals surface area contributed by atoms with Crippen LogP contribution in [0.2, 0.25) is 0 Å². The van der Waals surface area contributed by atoms with E-state index in [4.69, 9.17) is 0 Å². The molecule has 1 rings (SSSR count). The van der Waals surface area contributed by atoms with E-state index in [0.717, 1.165) is 0 Å². The van der Waals surface area contributed by atoms with Gasteiger partial charge in [0.25, 0.3) is 0 Å². The number of phosphoric acid groups is 1. The van der Waals surface area contributed by atoms with Gasteiger partial charge in [-0.1, -0.05) is 30.3 Å². The molecule has 6 heteroatoms. The molecule has 0 N–H and O–H groups in total. The molecule has 0 bridgehead atoms. The molecule has 0 aliphatic rings. The topological polar surface area (TPSA) is 72.4 Å². The minimum atomic E-state index is -4.83. The fourth-order valence-corrected chi connectivity index (χ4v) is 1.04. The molecule has 13 heavy (non-hydrogen) atoms. The van der Waals surface area contributed by atoms with Gasteiger partial charge >= 0.3 is 0 Å². The van der Waals surface area contributed by atoms with Gasteiger partial charge in [-0.3, -0.25) is 0 Å². The van der Waals surface area contributed by atoms with Crippen LogP contribution in [0.5, 0.6) is 0 Å². The normalized spacial score (nSPS) is 10.6. The van der Waals surface area contributed by atoms with Gasteiger partial charge in [0.05, 0.1) is 14.4 Å². The third-order valence-electron chi connectivity index (χ3n) is 1.23. The number of hydrogen-bond donors (Lipinski definition) is 0. The largest absolute Gasteiger partial charge is 0.790 e. The third kappa shape index (κ3) is 6.18. The van der Waals surface area contributed by atoms with Gasteiger partial charge in [-0.25, -0.2) is 0 Å². The quantitative estimate of drug-likeness (QED) is 0.582. The number of phosphoric ester groups is 1. The van der Waals surface area contributed by atoms with Gasteiger partial charge in [0.15, 0.2) is 0 Å². The van der Waals surface area contributed by atoms with E-state index in [1.54, 1.807) is 30.3 Å². The average Bonchev–Trinajstić information content (AvgIpc) is 2.02. The molecule has 77 valence electrons. The summed E-state index contributed by atoms with van der Waals surface area (Å²) < 4.78 is 14.1. The minimum absolute atomic E-state index is 0. The van der Waals surface area contributed by atoms with Gasteiger partial charge in [0.1, 0.15) is 0 Å². The summed E-state index contributed by atoms with van der Waals surface area (Å²) in [5, 5.41) is 0. The molecule has 0 saturated heterocycles. The zero-order valence-electron chi connectivity index (χ0n) is 6.48. The van der Waals surface area contributed by atoms with Crippen molar-refractivity contribution in [2.45, 2.75) is 6.61 Å². The minimum Gasteiger partial charge on any atom is -0.790 e. The second-order valence-electron chi connectivity index (χ2n) is 2.21. The molecule has 0 amide bonds. The van der Waals surface area contributed by atoms with E-state index in [1.807, 2.05) is 0 Å². The first kappa shape index (κ1) is 13.1. The molecule has 0 heterocycles. The predicted octanol–water partition coefficient (Wildman–Crippen LogP) is 0.0294. The Labute approximate surface area is 91.7 Å². The van der Waals surface area contributed by atoms with Crippen molar-refractivity contribution < 1.29 is 41.3 Å². The van der Waals surface area contributed by atoms with Crippen LogP contribution >= 0.6 is 7.82 Å². The number of benzene rings is 1. The molecule has 0 atom stereocenters. The van der Waals surface area contributed by atoms with E-state index in [-0.39, 0.29) is 29.0 Å². The molecule has 0 aliphatic heterocycles. The summed E-state index contributed by atoms with van der Waals surface area (Å²) in [6.45, 7) is -0.189. The van der Waals surface area contributed by atoms with E-state index < -0.39 is 7.82 Å². The predicted molar refractivity (Wildman–Crippen MR) is 38.8 cm³/mol. The van der Waals surface area contributed by atoms with Crippen molar-refractivity contribution in [2.75, 3.05) is 0 Å². The first-order chi connectivity index (χ1) is 5.58. The summed E-state index contributed by atoms with van der Waals surface area (Å²) in [6.07, 6.45) is 0. The Bertz CT molecular complexity index is 284. The van der Waals surface area contributed by atoms with E-state index in [1.165, 1.54) is 0 Å². The van der Waals surface area contributed by atoms with E-state index in [9.17, 15) is 14.4 Å². The standard InChI is InChI=1S/C7H9O4P.Ag/c8-12(9,10)11-6-7-4-2-1-3-5-7;/h1-5H,6H2,(H2,8,9,10);/p-2. The zero-order valence-corrected chi connectivity index (χ0v) is 8.85. The number of hydrogen-bond acceptors (Lipinski definition) is 4. The van der Waals surface area contributed by atoms with E-state index >= 15 is 0 Å². The molecule has 4 nitrogen and oxygen atoms in total. The van der Waals surface area contributed by atoms with Crippen molar-refractivity contribution in [1.82, 2.24) is 0 Å². The van der Waals surface area contributed by atoms with Crippen molar-refractivity contribution >= 4 is 7.82 Å². The Balaban J connectivity index is 0.00000144. The molecule has 1 aromatic rings. The molecular weight excluding hydrogens is 287 g/mol. The molecule has 1 radical (unpaired) electrons. The molecule has 0 fully saturated rings. The summed E-state index contributed by atoms with van der Waals surface area (Å²) in [6, 6.07) is 8.61. The molecule has 0 aliphatic carbocycles. The SMILES string of the molecule is O=P([O-])([O-])OCc1ccccc1.[Ag]. The van der Waals surface area contributed by atoms with Crippen LogP contribution in [0.4, 0.5) is 0 Å². The van der Waals surface area contributed by atoms with Gasteiger partial charge < -0.3 is 18.9 Å². The Kier molecular flexibility index (Phi) is 5.76. The van der Waals surface area contributed by atoms with Gasteiger partial charge in [-0.05, 0) is 5.56 Å². The van der Waals surface area contributed by atoms with Crippen molar-refractivity contribution in [2.24, 2.45) is 0 Å². The van der Waals surface area contributed by atoms with E-state index in [2.05, 4.69) is 4.52 Å². The van der Waals surface area contributed by atoms with Crippen LogP contribution in [0.3, 0.4) is 0 Å². The van der Waals surface area contributed by atoms with Crippen LogP contribution in [0.25, 0.3) is 0 Å². The first-order valence-corrected chi connectivity index (χ1v) is 4.74.